The third-order valence-corrected chi connectivity index (χ3v) is 17.4. The van der Waals surface area contributed by atoms with Crippen molar-refractivity contribution >= 4 is 11.9 Å². The Kier molecular flexibility index (Phi) is 11.2. The second kappa shape index (κ2) is 14.7. The van der Waals surface area contributed by atoms with Crippen LogP contribution in [0.4, 0.5) is 0 Å². The lowest BCUT2D eigenvalue weighted by atomic mass is 9.33. The smallest absolute Gasteiger partial charge is 0.335 e. The maximum absolute atomic E-state index is 14.6. The zero-order valence-electron chi connectivity index (χ0n) is 34.1. The number of carbonyl (C=O) groups excluding carboxylic acids is 1. The standard InChI is InChI=1S/C42H66O15/c1-37(2)23-9-12-41(6)24(39(23,4)11-10-25(37)55-35-31(50)28(47)29(48)32(56-35)33(51)52)8-7-20-21-17-38(3,19-44)13-15-42(21,16-14-40(20,41)5)36(53)57-34-30(49)27(46)26(45)22(18-43)54-34/h7,21-32,34-35,43-50H,8-19H2,1-6H3,(H,51,52)/t21-,22-,23-,24-,25+,26-,27+,28+,29+,30-,31-,32+,34+,35-,38+,39+,40-,41-,42+/m1/s1. The molecule has 7 rings (SSSR count). The fraction of sp³-hybridized carbons (Fsp3) is 0.905. The van der Waals surface area contributed by atoms with Gasteiger partial charge >= 0.3 is 11.9 Å². The Morgan fingerprint density at radius 1 is 0.754 bits per heavy atom. The van der Waals surface area contributed by atoms with E-state index in [1.807, 2.05) is 0 Å². The Balaban J connectivity index is 1.17. The molecule has 0 aromatic carbocycles. The van der Waals surface area contributed by atoms with E-state index in [9.17, 15) is 55.5 Å². The van der Waals surface area contributed by atoms with Crippen molar-refractivity contribution < 1.29 is 74.5 Å². The number of hydrogen-bond acceptors (Lipinski definition) is 14. The number of carbonyl (C=O) groups is 2. The van der Waals surface area contributed by atoms with E-state index in [1.165, 1.54) is 5.57 Å². The molecule has 9 N–H and O–H groups in total. The van der Waals surface area contributed by atoms with Crippen LogP contribution in [0.1, 0.15) is 106 Å². The molecule has 0 spiro atoms. The monoisotopic (exact) mass is 810 g/mol. The van der Waals surface area contributed by atoms with Crippen LogP contribution in [-0.4, -0.2) is 139 Å². The predicted molar refractivity (Wildman–Crippen MR) is 200 cm³/mol. The van der Waals surface area contributed by atoms with Crippen LogP contribution in [-0.2, 0) is 28.5 Å². The summed E-state index contributed by atoms with van der Waals surface area (Å²) in [5.74, 6) is -1.85. The van der Waals surface area contributed by atoms with Gasteiger partial charge in [0.05, 0.1) is 18.1 Å². The molecule has 0 radical (unpaired) electrons. The second-order valence-corrected chi connectivity index (χ2v) is 20.5. The maximum atomic E-state index is 14.6. The third-order valence-electron chi connectivity index (χ3n) is 17.4. The maximum Gasteiger partial charge on any atom is 0.335 e. The summed E-state index contributed by atoms with van der Waals surface area (Å²) < 4.78 is 23.5. The zero-order chi connectivity index (χ0) is 41.8. The van der Waals surface area contributed by atoms with Crippen molar-refractivity contribution in [3.05, 3.63) is 11.6 Å². The van der Waals surface area contributed by atoms with E-state index in [4.69, 9.17) is 18.9 Å². The molecule has 7 aliphatic rings. The molecule has 15 heteroatoms. The van der Waals surface area contributed by atoms with E-state index in [1.54, 1.807) is 0 Å². The van der Waals surface area contributed by atoms with Crippen molar-refractivity contribution in [3.8, 4) is 0 Å². The molecule has 0 unspecified atom stereocenters. The Morgan fingerprint density at radius 2 is 1.40 bits per heavy atom. The number of fused-ring (bicyclic) bond motifs is 7. The van der Waals surface area contributed by atoms with Gasteiger partial charge in [0, 0.05) is 6.61 Å². The molecule has 4 saturated carbocycles. The highest BCUT2D eigenvalue weighted by Crippen LogP contribution is 2.76. The average molecular weight is 811 g/mol. The van der Waals surface area contributed by atoms with Crippen LogP contribution in [0.2, 0.25) is 0 Å². The SMILES string of the molecule is CC1(C)[C@@H](O[C@@H]2O[C@H](C(=O)O)[C@@H](O)[C@H](O)[C@H]2O)CC[C@@]2(C)[C@@H]1CC[C@]1(C)[C@@H]2CC=C2[C@H]3C[C@@](C)(CO)CC[C@]3(C(=O)O[C@@H]3O[C@H](CO)[C@@H](O)[C@H](O)[C@H]3O)CC[C@]21C. The van der Waals surface area contributed by atoms with Gasteiger partial charge in [-0.25, -0.2) is 4.79 Å². The van der Waals surface area contributed by atoms with E-state index in [0.29, 0.717) is 38.5 Å². The van der Waals surface area contributed by atoms with Crippen LogP contribution in [0.5, 0.6) is 0 Å². The molecule has 2 heterocycles. The molecule has 2 aliphatic heterocycles. The largest absolute Gasteiger partial charge is 0.479 e. The number of carboxylic acids is 1. The normalized spacial score (nSPS) is 53.3. The van der Waals surface area contributed by atoms with Gasteiger partial charge in [0.15, 0.2) is 12.4 Å². The Morgan fingerprint density at radius 3 is 2.05 bits per heavy atom. The average Bonchev–Trinajstić information content (AvgIpc) is 3.16. The van der Waals surface area contributed by atoms with Gasteiger partial charge in [0.2, 0.25) is 6.29 Å². The number of allylic oxidation sites excluding steroid dienone is 2. The van der Waals surface area contributed by atoms with Crippen LogP contribution in [0.3, 0.4) is 0 Å². The van der Waals surface area contributed by atoms with Gasteiger partial charge < -0.3 is 64.9 Å². The van der Waals surface area contributed by atoms with E-state index >= 15 is 0 Å². The number of carboxylic acid groups (broad SMARTS) is 1. The van der Waals surface area contributed by atoms with Gasteiger partial charge in [-0.1, -0.05) is 53.2 Å². The summed E-state index contributed by atoms with van der Waals surface area (Å²) >= 11 is 0. The summed E-state index contributed by atoms with van der Waals surface area (Å²) in [7, 11) is 0. The van der Waals surface area contributed by atoms with Crippen molar-refractivity contribution in [1.82, 2.24) is 0 Å². The number of ether oxygens (including phenoxy) is 4. The summed E-state index contributed by atoms with van der Waals surface area (Å²) in [6.07, 6.45) is -7.44. The molecular weight excluding hydrogens is 744 g/mol. The minimum absolute atomic E-state index is 0.0390. The van der Waals surface area contributed by atoms with Gasteiger partial charge in [-0.15, -0.1) is 0 Å². The highest BCUT2D eigenvalue weighted by Gasteiger charge is 2.70. The van der Waals surface area contributed by atoms with Crippen LogP contribution in [0.15, 0.2) is 11.6 Å². The lowest BCUT2D eigenvalue weighted by molar-refractivity contribution is -0.324. The van der Waals surface area contributed by atoms with E-state index in [0.717, 1.165) is 25.7 Å². The number of aliphatic hydroxyl groups excluding tert-OH is 8. The van der Waals surface area contributed by atoms with Crippen molar-refractivity contribution in [1.29, 1.82) is 0 Å². The van der Waals surface area contributed by atoms with Gasteiger partial charge in [-0.05, 0) is 109 Å². The zero-order valence-corrected chi connectivity index (χ0v) is 34.1. The summed E-state index contributed by atoms with van der Waals surface area (Å²) in [6, 6.07) is 0. The quantitative estimate of drug-likeness (QED) is 0.100. The Hall–Kier alpha value is -1.76. The number of esters is 1. The van der Waals surface area contributed by atoms with Gasteiger partial charge in [0.25, 0.3) is 0 Å². The Bertz CT molecular complexity index is 1590. The Labute approximate surface area is 334 Å². The molecule has 0 bridgehead atoms. The van der Waals surface area contributed by atoms with Crippen LogP contribution in [0, 0.1) is 50.2 Å². The molecule has 5 aliphatic carbocycles. The van der Waals surface area contributed by atoms with Crippen molar-refractivity contribution in [2.75, 3.05) is 13.2 Å². The molecule has 19 atom stereocenters. The van der Waals surface area contributed by atoms with Crippen molar-refractivity contribution in [2.45, 2.75) is 173 Å². The summed E-state index contributed by atoms with van der Waals surface area (Å²) in [5.41, 5.74) is -1.28. The first-order valence-electron chi connectivity index (χ1n) is 21.0. The van der Waals surface area contributed by atoms with Crippen LogP contribution < -0.4 is 0 Å². The summed E-state index contributed by atoms with van der Waals surface area (Å²) in [5, 5.41) is 93.1. The molecule has 15 nitrogen and oxygen atoms in total. The lowest BCUT2D eigenvalue weighted by Crippen LogP contribution is -2.66. The van der Waals surface area contributed by atoms with Crippen molar-refractivity contribution in [2.24, 2.45) is 50.2 Å². The summed E-state index contributed by atoms with van der Waals surface area (Å²) in [6.45, 7) is 12.8. The first-order valence-corrected chi connectivity index (χ1v) is 21.0. The van der Waals surface area contributed by atoms with Gasteiger partial charge in [-0.2, -0.15) is 0 Å². The number of rotatable bonds is 7. The van der Waals surface area contributed by atoms with Crippen LogP contribution in [0.25, 0.3) is 0 Å². The molecule has 6 fully saturated rings. The van der Waals surface area contributed by atoms with Gasteiger partial charge in [0.1, 0.15) is 42.7 Å². The minimum atomic E-state index is -1.80. The molecular formula is C42H66O15. The second-order valence-electron chi connectivity index (χ2n) is 20.5. The molecule has 57 heavy (non-hydrogen) atoms. The highest BCUT2D eigenvalue weighted by atomic mass is 16.7. The molecule has 324 valence electrons. The highest BCUT2D eigenvalue weighted by molar-refractivity contribution is 5.79. The first-order chi connectivity index (χ1) is 26.5. The van der Waals surface area contributed by atoms with Gasteiger partial charge in [-0.3, -0.25) is 4.79 Å². The number of hydrogen-bond donors (Lipinski definition) is 9. The lowest BCUT2D eigenvalue weighted by Gasteiger charge is -2.71. The molecule has 2 saturated heterocycles. The molecule has 0 aromatic rings. The van der Waals surface area contributed by atoms with Crippen molar-refractivity contribution in [3.63, 3.8) is 0 Å². The number of aliphatic hydroxyl groups is 8. The fourth-order valence-electron chi connectivity index (χ4n) is 13.6. The number of aliphatic carboxylic acids is 1. The fourth-order valence-corrected chi connectivity index (χ4v) is 13.6. The third kappa shape index (κ3) is 6.39. The first kappa shape index (κ1) is 43.3. The van der Waals surface area contributed by atoms with E-state index in [2.05, 4.69) is 47.6 Å². The molecule has 0 amide bonds. The molecule has 0 aromatic heterocycles. The van der Waals surface area contributed by atoms with Crippen LogP contribution >= 0.6 is 0 Å². The summed E-state index contributed by atoms with van der Waals surface area (Å²) in [4.78, 5) is 26.4. The van der Waals surface area contributed by atoms with E-state index < -0.39 is 102 Å². The van der Waals surface area contributed by atoms with E-state index in [-0.39, 0.29) is 40.6 Å². The predicted octanol–water partition coefficient (Wildman–Crippen LogP) is 1.38. The topological polar surface area (TPSA) is 253 Å². The minimum Gasteiger partial charge on any atom is -0.479 e.